The SMILES string of the molecule is C.C.Fc1ccc(-c2ccccc2)c2c1sc1ccccc12.Fc1ccc(Br)c2c1sc1ccccc12.OB(O)c1ccccc1. The van der Waals surface area contributed by atoms with Gasteiger partial charge in [0, 0.05) is 35.4 Å². The van der Waals surface area contributed by atoms with E-state index in [0.717, 1.165) is 55.9 Å². The molecule has 0 bridgehead atoms. The first-order chi connectivity index (χ1) is 21.4. The summed E-state index contributed by atoms with van der Waals surface area (Å²) in [7, 11) is -1.34. The predicted molar refractivity (Wildman–Crippen MR) is 201 cm³/mol. The summed E-state index contributed by atoms with van der Waals surface area (Å²) in [4.78, 5) is 0. The van der Waals surface area contributed by atoms with Crippen LogP contribution in [-0.2, 0) is 0 Å². The van der Waals surface area contributed by atoms with Gasteiger partial charge in [0.05, 0.1) is 9.40 Å². The minimum Gasteiger partial charge on any atom is -0.423 e. The molecule has 0 radical (unpaired) electrons. The highest BCUT2D eigenvalue weighted by atomic mass is 79.9. The molecule has 0 saturated carbocycles. The van der Waals surface area contributed by atoms with Gasteiger partial charge >= 0.3 is 7.12 Å². The van der Waals surface area contributed by atoms with Gasteiger partial charge in [0.25, 0.3) is 0 Å². The molecular weight excluding hydrogens is 681 g/mol. The van der Waals surface area contributed by atoms with E-state index in [1.165, 1.54) is 28.7 Å². The fourth-order valence-corrected chi connectivity index (χ4v) is 7.98. The smallest absolute Gasteiger partial charge is 0.423 e. The lowest BCUT2D eigenvalue weighted by atomic mass is 9.81. The minimum atomic E-state index is -1.34. The van der Waals surface area contributed by atoms with Crippen LogP contribution in [-0.4, -0.2) is 17.2 Å². The first-order valence-electron chi connectivity index (χ1n) is 13.7. The van der Waals surface area contributed by atoms with E-state index in [0.29, 0.717) is 5.46 Å². The summed E-state index contributed by atoms with van der Waals surface area (Å²) in [5.74, 6) is -0.282. The molecule has 0 fully saturated rings. The molecule has 0 aliphatic carbocycles. The Morgan fingerprint density at radius 3 is 1.52 bits per heavy atom. The van der Waals surface area contributed by atoms with E-state index in [-0.39, 0.29) is 26.5 Å². The Labute approximate surface area is 284 Å². The lowest BCUT2D eigenvalue weighted by molar-refractivity contribution is 0.426. The molecule has 8 heteroatoms. The molecule has 232 valence electrons. The summed E-state index contributed by atoms with van der Waals surface area (Å²) in [6.07, 6.45) is 0. The van der Waals surface area contributed by atoms with Crippen molar-refractivity contribution < 1.29 is 18.8 Å². The monoisotopic (exact) mass is 712 g/mol. The highest BCUT2D eigenvalue weighted by molar-refractivity contribution is 9.10. The van der Waals surface area contributed by atoms with Crippen molar-refractivity contribution in [3.8, 4) is 11.1 Å². The average molecular weight is 714 g/mol. The van der Waals surface area contributed by atoms with E-state index in [1.807, 2.05) is 72.8 Å². The van der Waals surface area contributed by atoms with Gasteiger partial charge in [-0.15, -0.1) is 22.7 Å². The molecular formula is C38H32BBrF2O2S2. The zero-order valence-electron chi connectivity index (χ0n) is 23.1. The van der Waals surface area contributed by atoms with Crippen LogP contribution in [0.1, 0.15) is 14.9 Å². The van der Waals surface area contributed by atoms with Gasteiger partial charge in [0.2, 0.25) is 0 Å². The Bertz CT molecular complexity index is 2200. The van der Waals surface area contributed by atoms with Gasteiger partial charge in [-0.3, -0.25) is 0 Å². The molecule has 2 aromatic heterocycles. The predicted octanol–water partition coefficient (Wildman–Crippen LogP) is 11.5. The van der Waals surface area contributed by atoms with Gasteiger partial charge in [-0.1, -0.05) is 134 Å². The van der Waals surface area contributed by atoms with Crippen molar-refractivity contribution in [1.82, 2.24) is 0 Å². The summed E-state index contributed by atoms with van der Waals surface area (Å²) in [6.45, 7) is 0. The molecule has 0 saturated heterocycles. The third-order valence-electron chi connectivity index (χ3n) is 7.09. The maximum atomic E-state index is 14.1. The van der Waals surface area contributed by atoms with Crippen molar-refractivity contribution in [3.05, 3.63) is 150 Å². The molecule has 0 aliphatic rings. The van der Waals surface area contributed by atoms with Crippen LogP contribution in [0.4, 0.5) is 8.78 Å². The number of halogens is 3. The summed E-state index contributed by atoms with van der Waals surface area (Å²) < 4.78 is 32.4. The number of rotatable bonds is 2. The molecule has 0 unspecified atom stereocenters. The zero-order chi connectivity index (χ0) is 30.6. The van der Waals surface area contributed by atoms with Gasteiger partial charge < -0.3 is 10.0 Å². The molecule has 8 aromatic rings. The number of hydrogen-bond donors (Lipinski definition) is 2. The molecule has 8 rings (SSSR count). The Balaban J connectivity index is 0.000000164. The van der Waals surface area contributed by atoms with Gasteiger partial charge in [0.15, 0.2) is 0 Å². The Morgan fingerprint density at radius 1 is 0.522 bits per heavy atom. The average Bonchev–Trinajstić information content (AvgIpc) is 3.66. The second-order valence-corrected chi connectivity index (χ2v) is 12.8. The molecule has 46 heavy (non-hydrogen) atoms. The molecule has 2 heterocycles. The van der Waals surface area contributed by atoms with Crippen molar-refractivity contribution in [1.29, 1.82) is 0 Å². The topological polar surface area (TPSA) is 40.5 Å². The molecule has 0 aliphatic heterocycles. The summed E-state index contributed by atoms with van der Waals surface area (Å²) >= 11 is 6.49. The molecule has 0 atom stereocenters. The lowest BCUT2D eigenvalue weighted by Gasteiger charge is -2.05. The van der Waals surface area contributed by atoms with Crippen LogP contribution in [0.3, 0.4) is 0 Å². The number of fused-ring (bicyclic) bond motifs is 6. The van der Waals surface area contributed by atoms with Crippen molar-refractivity contribution in [2.45, 2.75) is 14.9 Å². The Kier molecular flexibility index (Phi) is 11.8. The number of benzene rings is 6. The Morgan fingerprint density at radius 2 is 0.978 bits per heavy atom. The minimum absolute atomic E-state index is 0. The Hall–Kier alpha value is -3.92. The summed E-state index contributed by atoms with van der Waals surface area (Å²) in [5.41, 5.74) is 2.75. The lowest BCUT2D eigenvalue weighted by Crippen LogP contribution is -2.29. The van der Waals surface area contributed by atoms with E-state index in [2.05, 4.69) is 34.1 Å². The number of thiophene rings is 2. The van der Waals surface area contributed by atoms with Crippen LogP contribution >= 0.6 is 38.6 Å². The second kappa shape index (κ2) is 15.6. The largest absolute Gasteiger partial charge is 0.488 e. The van der Waals surface area contributed by atoms with E-state index in [9.17, 15) is 8.78 Å². The molecule has 2 nitrogen and oxygen atoms in total. The fraction of sp³-hybridized carbons (Fsp3) is 0.0526. The van der Waals surface area contributed by atoms with E-state index in [4.69, 9.17) is 10.0 Å². The van der Waals surface area contributed by atoms with Gasteiger partial charge in [-0.05, 0) is 46.9 Å². The maximum Gasteiger partial charge on any atom is 0.488 e. The zero-order valence-corrected chi connectivity index (χ0v) is 26.3. The fourth-order valence-electron chi connectivity index (χ4n) is 5.04. The van der Waals surface area contributed by atoms with Crippen LogP contribution in [0.15, 0.2) is 138 Å². The molecule has 0 amide bonds. The first kappa shape index (κ1) is 34.9. The van der Waals surface area contributed by atoms with Crippen LogP contribution in [0.25, 0.3) is 51.5 Å². The van der Waals surface area contributed by atoms with E-state index in [1.54, 1.807) is 36.4 Å². The van der Waals surface area contributed by atoms with E-state index >= 15 is 0 Å². The second-order valence-electron chi connectivity index (χ2n) is 9.88. The van der Waals surface area contributed by atoms with Crippen LogP contribution < -0.4 is 5.46 Å². The maximum absolute atomic E-state index is 14.1. The van der Waals surface area contributed by atoms with Gasteiger partial charge in [0.1, 0.15) is 11.6 Å². The highest BCUT2D eigenvalue weighted by Crippen LogP contribution is 2.41. The first-order valence-corrected chi connectivity index (χ1v) is 16.2. The molecule has 2 N–H and O–H groups in total. The van der Waals surface area contributed by atoms with Gasteiger partial charge in [-0.25, -0.2) is 8.78 Å². The van der Waals surface area contributed by atoms with Crippen LogP contribution in [0, 0.1) is 11.6 Å². The normalized spacial score (nSPS) is 10.4. The quantitative estimate of drug-likeness (QED) is 0.175. The van der Waals surface area contributed by atoms with E-state index < -0.39 is 7.12 Å². The third-order valence-corrected chi connectivity index (χ3v) is 10.1. The molecule has 0 spiro atoms. The third kappa shape index (κ3) is 7.22. The summed E-state index contributed by atoms with van der Waals surface area (Å²) in [6, 6.07) is 41.7. The van der Waals surface area contributed by atoms with Crippen molar-refractivity contribution in [3.63, 3.8) is 0 Å². The highest BCUT2D eigenvalue weighted by Gasteiger charge is 2.14. The molecule has 6 aromatic carbocycles. The van der Waals surface area contributed by atoms with Crippen molar-refractivity contribution in [2.75, 3.05) is 0 Å². The van der Waals surface area contributed by atoms with Crippen LogP contribution in [0.5, 0.6) is 0 Å². The standard InChI is InChI=1S/C18H11FS.C12H6BrFS.C6H7BO2.2CH4/c19-15-11-10-13(12-6-2-1-3-7-12)17-14-8-4-5-9-16(14)20-18(15)17;13-8-5-6-9(14)12-11(8)7-3-1-2-4-10(7)15-12;8-7(9)6-4-2-1-3-5-6;;/h1-11H;1-6H;1-5,8-9H;2*1H4. The number of hydrogen-bond acceptors (Lipinski definition) is 4. The van der Waals surface area contributed by atoms with Crippen LogP contribution in [0.2, 0.25) is 0 Å². The van der Waals surface area contributed by atoms with Gasteiger partial charge in [-0.2, -0.15) is 0 Å². The van der Waals surface area contributed by atoms with Crippen molar-refractivity contribution in [2.24, 2.45) is 0 Å². The van der Waals surface area contributed by atoms with Crippen molar-refractivity contribution >= 4 is 91.5 Å². The summed E-state index contributed by atoms with van der Waals surface area (Å²) in [5, 5.41) is 21.4.